The summed E-state index contributed by atoms with van der Waals surface area (Å²) in [6, 6.07) is 15.1. The Kier molecular flexibility index (Phi) is 4.33. The second-order valence-corrected chi connectivity index (χ2v) is 9.48. The molecule has 5 rings (SSSR count). The van der Waals surface area contributed by atoms with Crippen molar-refractivity contribution in [3.8, 4) is 5.75 Å². The Labute approximate surface area is 176 Å². The van der Waals surface area contributed by atoms with Gasteiger partial charge < -0.3 is 9.64 Å². The van der Waals surface area contributed by atoms with Crippen LogP contribution in [0.4, 0.5) is 0 Å². The van der Waals surface area contributed by atoms with Gasteiger partial charge in [-0.05, 0) is 42.9 Å². The van der Waals surface area contributed by atoms with Crippen molar-refractivity contribution in [3.05, 3.63) is 62.5 Å². The quantitative estimate of drug-likeness (QED) is 0.551. The van der Waals surface area contributed by atoms with Crippen LogP contribution < -0.4 is 4.74 Å². The van der Waals surface area contributed by atoms with Crippen molar-refractivity contribution in [2.45, 2.75) is 31.0 Å². The summed E-state index contributed by atoms with van der Waals surface area (Å²) >= 11 is 7.15. The molecule has 0 bridgehead atoms. The van der Waals surface area contributed by atoms with Gasteiger partial charge in [0.05, 0.1) is 11.8 Å². The largest absolute Gasteiger partial charge is 0.466 e. The Bertz CT molecular complexity index is 904. The van der Waals surface area contributed by atoms with Crippen LogP contribution in [0.15, 0.2) is 56.5 Å². The molecular formula is C21H21Br2N3O. The zero-order chi connectivity index (χ0) is 18.6. The van der Waals surface area contributed by atoms with Crippen LogP contribution >= 0.6 is 31.9 Å². The predicted molar refractivity (Wildman–Crippen MR) is 114 cm³/mol. The number of hydrogen-bond acceptors (Lipinski definition) is 4. The predicted octanol–water partition coefficient (Wildman–Crippen LogP) is 5.18. The van der Waals surface area contributed by atoms with E-state index in [9.17, 15) is 0 Å². The van der Waals surface area contributed by atoms with E-state index in [0.29, 0.717) is 0 Å². The number of benzene rings is 2. The van der Waals surface area contributed by atoms with Crippen LogP contribution in [0.5, 0.6) is 5.75 Å². The van der Waals surface area contributed by atoms with Crippen LogP contribution in [0.1, 0.15) is 36.4 Å². The number of likely N-dealkylation sites (tertiary alicyclic amines) is 1. The molecule has 0 aliphatic carbocycles. The van der Waals surface area contributed by atoms with Gasteiger partial charge in [0.1, 0.15) is 5.75 Å². The minimum atomic E-state index is -0.338. The van der Waals surface area contributed by atoms with Crippen molar-refractivity contribution >= 4 is 37.6 Å². The van der Waals surface area contributed by atoms with E-state index in [1.54, 1.807) is 0 Å². The third kappa shape index (κ3) is 3.02. The summed E-state index contributed by atoms with van der Waals surface area (Å²) in [5, 5.41) is 7.39. The molecule has 3 aliphatic rings. The zero-order valence-corrected chi connectivity index (χ0v) is 18.3. The normalized spacial score (nSPS) is 23.6. The van der Waals surface area contributed by atoms with Crippen molar-refractivity contribution in [1.29, 1.82) is 0 Å². The summed E-state index contributed by atoms with van der Waals surface area (Å²) < 4.78 is 8.82. The van der Waals surface area contributed by atoms with Gasteiger partial charge in [-0.25, -0.2) is 5.01 Å². The van der Waals surface area contributed by atoms with Crippen molar-refractivity contribution in [2.24, 2.45) is 5.10 Å². The summed E-state index contributed by atoms with van der Waals surface area (Å²) in [6.07, 6.45) is 2.84. The first-order valence-electron chi connectivity index (χ1n) is 9.34. The Morgan fingerprint density at radius 3 is 2.48 bits per heavy atom. The Hall–Kier alpha value is -1.37. The molecule has 0 aromatic heterocycles. The Morgan fingerprint density at radius 1 is 1.04 bits per heavy atom. The standard InChI is InChI=1S/C21H21Br2N3O/c1-25-10-8-21(9-11-25)26-19(17-12-16(23)6-7-20(17)27-21)13-18(24-26)14-2-4-15(22)5-3-14/h2-7,12,19H,8-11,13H2,1H3. The van der Waals surface area contributed by atoms with Gasteiger partial charge in [0.15, 0.2) is 0 Å². The van der Waals surface area contributed by atoms with Gasteiger partial charge in [0.2, 0.25) is 5.72 Å². The molecule has 6 heteroatoms. The molecule has 4 nitrogen and oxygen atoms in total. The van der Waals surface area contributed by atoms with Crippen molar-refractivity contribution < 1.29 is 4.74 Å². The molecule has 1 unspecified atom stereocenters. The van der Waals surface area contributed by atoms with Crippen LogP contribution in [-0.2, 0) is 0 Å². The van der Waals surface area contributed by atoms with Crippen molar-refractivity contribution in [1.82, 2.24) is 9.91 Å². The number of rotatable bonds is 1. The van der Waals surface area contributed by atoms with Gasteiger partial charge in [-0.3, -0.25) is 0 Å². The first-order valence-corrected chi connectivity index (χ1v) is 10.9. The van der Waals surface area contributed by atoms with E-state index in [1.165, 1.54) is 11.1 Å². The molecule has 0 amide bonds. The smallest absolute Gasteiger partial charge is 0.200 e. The second-order valence-electron chi connectivity index (χ2n) is 7.65. The van der Waals surface area contributed by atoms with E-state index in [2.05, 4.69) is 91.3 Å². The zero-order valence-electron chi connectivity index (χ0n) is 15.2. The molecule has 27 heavy (non-hydrogen) atoms. The summed E-state index contributed by atoms with van der Waals surface area (Å²) in [4.78, 5) is 2.37. The summed E-state index contributed by atoms with van der Waals surface area (Å²) in [7, 11) is 2.18. The highest BCUT2D eigenvalue weighted by Gasteiger charge is 2.51. The maximum Gasteiger partial charge on any atom is 0.200 e. The molecule has 1 fully saturated rings. The molecule has 140 valence electrons. The van der Waals surface area contributed by atoms with Gasteiger partial charge in [0, 0.05) is 46.9 Å². The number of hydrazone groups is 1. The molecule has 1 atom stereocenters. The molecule has 1 saturated heterocycles. The SMILES string of the molecule is CN1CCC2(CC1)Oc1ccc(Br)cc1C1CC(c3ccc(Br)cc3)=NN12. The van der Waals surface area contributed by atoms with Gasteiger partial charge >= 0.3 is 0 Å². The lowest BCUT2D eigenvalue weighted by Crippen LogP contribution is -2.58. The topological polar surface area (TPSA) is 28.1 Å². The summed E-state index contributed by atoms with van der Waals surface area (Å²) in [5.74, 6) is 1.01. The summed E-state index contributed by atoms with van der Waals surface area (Å²) in [6.45, 7) is 2.05. The molecule has 0 N–H and O–H groups in total. The van der Waals surface area contributed by atoms with Crippen molar-refractivity contribution in [2.75, 3.05) is 20.1 Å². The molecule has 3 heterocycles. The fourth-order valence-electron chi connectivity index (χ4n) is 4.37. The summed E-state index contributed by atoms with van der Waals surface area (Å²) in [5.41, 5.74) is 3.22. The number of ether oxygens (including phenoxy) is 1. The maximum atomic E-state index is 6.64. The third-order valence-corrected chi connectivity index (χ3v) is 6.93. The van der Waals surface area contributed by atoms with Gasteiger partial charge in [-0.2, -0.15) is 5.10 Å². The number of fused-ring (bicyclic) bond motifs is 4. The van der Waals surface area contributed by atoms with Crippen LogP contribution in [0.2, 0.25) is 0 Å². The van der Waals surface area contributed by atoms with Crippen LogP contribution in [0.3, 0.4) is 0 Å². The number of nitrogens with zero attached hydrogens (tertiary/aromatic N) is 3. The molecule has 0 radical (unpaired) electrons. The average Bonchev–Trinajstić information content (AvgIpc) is 3.12. The highest BCUT2D eigenvalue weighted by atomic mass is 79.9. The molecule has 1 spiro atoms. The van der Waals surface area contributed by atoms with Gasteiger partial charge in [0.25, 0.3) is 0 Å². The van der Waals surface area contributed by atoms with Crippen LogP contribution in [0.25, 0.3) is 0 Å². The monoisotopic (exact) mass is 489 g/mol. The van der Waals surface area contributed by atoms with Gasteiger partial charge in [-0.1, -0.05) is 44.0 Å². The molecular weight excluding hydrogens is 470 g/mol. The minimum Gasteiger partial charge on any atom is -0.466 e. The lowest BCUT2D eigenvalue weighted by atomic mass is 9.91. The number of hydrogen-bond donors (Lipinski definition) is 0. The maximum absolute atomic E-state index is 6.64. The molecule has 2 aromatic rings. The molecule has 0 saturated carbocycles. The van der Waals surface area contributed by atoms with Crippen LogP contribution in [0, 0.1) is 0 Å². The Balaban J connectivity index is 1.58. The second kappa shape index (κ2) is 6.61. The van der Waals surface area contributed by atoms with E-state index in [0.717, 1.165) is 52.8 Å². The van der Waals surface area contributed by atoms with Gasteiger partial charge in [-0.15, -0.1) is 0 Å². The highest BCUT2D eigenvalue weighted by molar-refractivity contribution is 9.10. The van der Waals surface area contributed by atoms with E-state index in [4.69, 9.17) is 9.84 Å². The number of halogens is 2. The Morgan fingerprint density at radius 2 is 1.74 bits per heavy atom. The number of piperidine rings is 1. The lowest BCUT2D eigenvalue weighted by molar-refractivity contribution is -0.147. The van der Waals surface area contributed by atoms with Crippen LogP contribution in [-0.4, -0.2) is 41.5 Å². The van der Waals surface area contributed by atoms with E-state index < -0.39 is 0 Å². The first-order chi connectivity index (χ1) is 13.0. The van der Waals surface area contributed by atoms with Crippen molar-refractivity contribution in [3.63, 3.8) is 0 Å². The fourth-order valence-corrected chi connectivity index (χ4v) is 5.01. The molecule has 2 aromatic carbocycles. The fraction of sp³-hybridized carbons (Fsp3) is 0.381. The lowest BCUT2D eigenvalue weighted by Gasteiger charge is -2.50. The highest BCUT2D eigenvalue weighted by Crippen LogP contribution is 2.50. The van der Waals surface area contributed by atoms with E-state index >= 15 is 0 Å². The molecule has 3 aliphatic heterocycles. The van der Waals surface area contributed by atoms with E-state index in [-0.39, 0.29) is 11.8 Å². The third-order valence-electron chi connectivity index (χ3n) is 5.90. The average molecular weight is 491 g/mol. The van der Waals surface area contributed by atoms with E-state index in [1.807, 2.05) is 0 Å². The minimum absolute atomic E-state index is 0.230. The first kappa shape index (κ1) is 17.7.